The second kappa shape index (κ2) is 6.51. The summed E-state index contributed by atoms with van der Waals surface area (Å²) in [4.78, 5) is 14.1. The van der Waals surface area contributed by atoms with E-state index in [1.54, 1.807) is 0 Å². The number of carbonyl (C=O) groups excluding carboxylic acids is 1. The number of nitrogens with zero attached hydrogens (tertiary/aromatic N) is 1. The highest BCUT2D eigenvalue weighted by atomic mass is 16.2. The van der Waals surface area contributed by atoms with Gasteiger partial charge in [-0.3, -0.25) is 9.69 Å². The Labute approximate surface area is 97.8 Å². The van der Waals surface area contributed by atoms with Crippen LogP contribution in [0.3, 0.4) is 0 Å². The van der Waals surface area contributed by atoms with Gasteiger partial charge in [0.1, 0.15) is 0 Å². The molecule has 0 spiro atoms. The van der Waals surface area contributed by atoms with Crippen LogP contribution in [0, 0.1) is 12.3 Å². The first kappa shape index (κ1) is 13.0. The van der Waals surface area contributed by atoms with E-state index in [2.05, 4.69) is 21.5 Å². The topological polar surface area (TPSA) is 44.4 Å². The van der Waals surface area contributed by atoms with Gasteiger partial charge in [0.05, 0.1) is 12.1 Å². The van der Waals surface area contributed by atoms with Crippen molar-refractivity contribution in [2.24, 2.45) is 0 Å². The molecule has 0 aromatic heterocycles. The van der Waals surface area contributed by atoms with E-state index in [1.807, 2.05) is 13.8 Å². The molecule has 4 nitrogen and oxygen atoms in total. The molecule has 2 atom stereocenters. The fraction of sp³-hybridized carbons (Fsp3) is 0.750. The minimum Gasteiger partial charge on any atom is -0.341 e. The van der Waals surface area contributed by atoms with Gasteiger partial charge in [0.25, 0.3) is 0 Å². The normalized spacial score (nSPS) is 20.8. The average Bonchev–Trinajstić information content (AvgIpc) is 2.35. The third-order valence-corrected chi connectivity index (χ3v) is 3.00. The number of amides is 1. The van der Waals surface area contributed by atoms with E-state index in [-0.39, 0.29) is 18.0 Å². The highest BCUT2D eigenvalue weighted by molar-refractivity contribution is 5.81. The Balaban J connectivity index is 2.43. The summed E-state index contributed by atoms with van der Waals surface area (Å²) in [7, 11) is 0. The number of hydrogen-bond acceptors (Lipinski definition) is 3. The fourth-order valence-electron chi connectivity index (χ4n) is 1.79. The fourth-order valence-corrected chi connectivity index (χ4v) is 1.79. The van der Waals surface area contributed by atoms with Crippen LogP contribution in [0.25, 0.3) is 0 Å². The second-order valence-electron chi connectivity index (χ2n) is 4.10. The zero-order valence-corrected chi connectivity index (χ0v) is 10.1. The Bertz CT molecular complexity index is 266. The molecule has 1 saturated heterocycles. The van der Waals surface area contributed by atoms with E-state index >= 15 is 0 Å². The molecule has 0 aromatic rings. The lowest BCUT2D eigenvalue weighted by atomic mass is 10.2. The number of nitrogens with one attached hydrogen (secondary N) is 2. The third-order valence-electron chi connectivity index (χ3n) is 3.00. The minimum atomic E-state index is -0.141. The molecule has 1 amide bonds. The summed E-state index contributed by atoms with van der Waals surface area (Å²) in [6.07, 6.45) is 6.10. The van der Waals surface area contributed by atoms with Crippen LogP contribution >= 0.6 is 0 Å². The summed E-state index contributed by atoms with van der Waals surface area (Å²) < 4.78 is 0. The Morgan fingerprint density at radius 1 is 1.56 bits per heavy atom. The van der Waals surface area contributed by atoms with Gasteiger partial charge in [0, 0.05) is 26.2 Å². The van der Waals surface area contributed by atoms with Gasteiger partial charge in [-0.25, -0.2) is 0 Å². The van der Waals surface area contributed by atoms with Crippen LogP contribution in [0.1, 0.15) is 20.3 Å². The predicted molar refractivity (Wildman–Crippen MR) is 65.0 cm³/mol. The number of piperazine rings is 1. The average molecular weight is 223 g/mol. The highest BCUT2D eigenvalue weighted by Crippen LogP contribution is 2.02. The van der Waals surface area contributed by atoms with E-state index in [9.17, 15) is 4.79 Å². The van der Waals surface area contributed by atoms with Crippen LogP contribution in [-0.4, -0.2) is 49.1 Å². The first-order valence-corrected chi connectivity index (χ1v) is 5.90. The van der Waals surface area contributed by atoms with Crippen molar-refractivity contribution >= 4 is 5.91 Å². The first-order valence-electron chi connectivity index (χ1n) is 5.90. The highest BCUT2D eigenvalue weighted by Gasteiger charge is 2.23. The predicted octanol–water partition coefficient (Wildman–Crippen LogP) is -0.192. The van der Waals surface area contributed by atoms with E-state index < -0.39 is 0 Å². The molecule has 16 heavy (non-hydrogen) atoms. The molecule has 90 valence electrons. The lowest BCUT2D eigenvalue weighted by molar-refractivity contribution is -0.126. The van der Waals surface area contributed by atoms with Gasteiger partial charge in [0.2, 0.25) is 5.91 Å². The van der Waals surface area contributed by atoms with E-state index in [0.717, 1.165) is 32.6 Å². The molecule has 0 bridgehead atoms. The number of hydrogen-bond donors (Lipinski definition) is 2. The van der Waals surface area contributed by atoms with E-state index in [4.69, 9.17) is 6.42 Å². The molecule has 0 saturated carbocycles. The molecule has 1 fully saturated rings. The second-order valence-corrected chi connectivity index (χ2v) is 4.10. The summed E-state index contributed by atoms with van der Waals surface area (Å²) >= 11 is 0. The molecule has 1 aliphatic rings. The molecule has 0 radical (unpaired) electrons. The summed E-state index contributed by atoms with van der Waals surface area (Å²) in [6, 6.07) is -0.234. The van der Waals surface area contributed by atoms with Gasteiger partial charge in [-0.05, 0) is 13.3 Å². The smallest absolute Gasteiger partial charge is 0.238 e. The van der Waals surface area contributed by atoms with Gasteiger partial charge in [-0.2, -0.15) is 0 Å². The molecule has 1 heterocycles. The van der Waals surface area contributed by atoms with Crippen LogP contribution in [-0.2, 0) is 4.79 Å². The maximum absolute atomic E-state index is 11.9. The Hall–Kier alpha value is -1.05. The SMILES string of the molecule is C#CC(CC)NC(=O)C(C)N1CCNCC1. The van der Waals surface area contributed by atoms with Gasteiger partial charge >= 0.3 is 0 Å². The lowest BCUT2D eigenvalue weighted by Crippen LogP contribution is -2.53. The molecular weight excluding hydrogens is 202 g/mol. The molecule has 2 N–H and O–H groups in total. The Kier molecular flexibility index (Phi) is 5.30. The van der Waals surface area contributed by atoms with Gasteiger partial charge in [0.15, 0.2) is 0 Å². The Morgan fingerprint density at radius 2 is 2.19 bits per heavy atom. The molecule has 1 rings (SSSR count). The maximum Gasteiger partial charge on any atom is 0.238 e. The van der Waals surface area contributed by atoms with Gasteiger partial charge < -0.3 is 10.6 Å². The van der Waals surface area contributed by atoms with E-state index in [0.29, 0.717) is 0 Å². The standard InChI is InChI=1S/C12H21N3O/c1-4-11(5-2)14-12(16)10(3)15-8-6-13-7-9-15/h1,10-11,13H,5-9H2,2-3H3,(H,14,16). The maximum atomic E-state index is 11.9. The number of terminal acetylenes is 1. The van der Waals surface area contributed by atoms with Crippen molar-refractivity contribution in [2.45, 2.75) is 32.4 Å². The summed E-state index contributed by atoms with van der Waals surface area (Å²) in [5.41, 5.74) is 0. The summed E-state index contributed by atoms with van der Waals surface area (Å²) in [5.74, 6) is 2.61. The van der Waals surface area contributed by atoms with Crippen molar-refractivity contribution in [3.8, 4) is 12.3 Å². The molecule has 0 aromatic carbocycles. The van der Waals surface area contributed by atoms with Crippen molar-refractivity contribution in [1.82, 2.24) is 15.5 Å². The van der Waals surface area contributed by atoms with Crippen molar-refractivity contribution in [2.75, 3.05) is 26.2 Å². The monoisotopic (exact) mass is 223 g/mol. The number of rotatable bonds is 4. The van der Waals surface area contributed by atoms with Gasteiger partial charge in [-0.15, -0.1) is 6.42 Å². The molecule has 1 aliphatic heterocycles. The van der Waals surface area contributed by atoms with Crippen molar-refractivity contribution in [3.05, 3.63) is 0 Å². The Morgan fingerprint density at radius 3 is 2.69 bits per heavy atom. The van der Waals surface area contributed by atoms with Crippen LogP contribution in [0.15, 0.2) is 0 Å². The first-order chi connectivity index (χ1) is 7.69. The van der Waals surface area contributed by atoms with Crippen LogP contribution in [0.2, 0.25) is 0 Å². The zero-order chi connectivity index (χ0) is 12.0. The lowest BCUT2D eigenvalue weighted by Gasteiger charge is -2.32. The molecular formula is C12H21N3O. The van der Waals surface area contributed by atoms with Crippen LogP contribution in [0.4, 0.5) is 0 Å². The number of carbonyl (C=O) groups is 1. The summed E-state index contributed by atoms with van der Waals surface area (Å²) in [6.45, 7) is 7.64. The van der Waals surface area contributed by atoms with Crippen molar-refractivity contribution in [1.29, 1.82) is 0 Å². The van der Waals surface area contributed by atoms with Crippen LogP contribution < -0.4 is 10.6 Å². The third kappa shape index (κ3) is 3.51. The van der Waals surface area contributed by atoms with E-state index in [1.165, 1.54) is 0 Å². The van der Waals surface area contributed by atoms with Crippen molar-refractivity contribution in [3.63, 3.8) is 0 Å². The molecule has 0 aliphatic carbocycles. The zero-order valence-electron chi connectivity index (χ0n) is 10.1. The summed E-state index contributed by atoms with van der Waals surface area (Å²) in [5, 5.41) is 6.14. The molecule has 2 unspecified atom stereocenters. The van der Waals surface area contributed by atoms with Crippen LogP contribution in [0.5, 0.6) is 0 Å². The minimum absolute atomic E-state index is 0.0340. The molecule has 4 heteroatoms. The quantitative estimate of drug-likeness (QED) is 0.649. The van der Waals surface area contributed by atoms with Gasteiger partial charge in [-0.1, -0.05) is 12.8 Å². The largest absolute Gasteiger partial charge is 0.341 e. The van der Waals surface area contributed by atoms with Crippen molar-refractivity contribution < 1.29 is 4.79 Å².